The Morgan fingerprint density at radius 1 is 1.40 bits per heavy atom. The van der Waals surface area contributed by atoms with Crippen molar-refractivity contribution < 1.29 is 8.42 Å². The van der Waals surface area contributed by atoms with E-state index in [1.54, 1.807) is 6.07 Å². The van der Waals surface area contributed by atoms with Crippen LogP contribution in [-0.2, 0) is 16.6 Å². The molecular formula is C14H24N2O2S2. The van der Waals surface area contributed by atoms with E-state index in [1.807, 2.05) is 6.92 Å². The first-order valence-electron chi connectivity index (χ1n) is 7.15. The molecule has 0 amide bonds. The van der Waals surface area contributed by atoms with E-state index in [4.69, 9.17) is 5.73 Å². The Labute approximate surface area is 125 Å². The third-order valence-electron chi connectivity index (χ3n) is 4.15. The van der Waals surface area contributed by atoms with Crippen LogP contribution in [-0.4, -0.2) is 14.5 Å². The second kappa shape index (κ2) is 6.13. The SMILES string of the molecule is Cc1sc(CN)cc1S(=O)(=O)NC1CCC(C)CC1C. The van der Waals surface area contributed by atoms with Crippen LogP contribution < -0.4 is 10.5 Å². The van der Waals surface area contributed by atoms with Gasteiger partial charge in [0.25, 0.3) is 0 Å². The topological polar surface area (TPSA) is 72.2 Å². The summed E-state index contributed by atoms with van der Waals surface area (Å²) in [5, 5.41) is 0. The van der Waals surface area contributed by atoms with Gasteiger partial charge in [-0.15, -0.1) is 11.3 Å². The molecule has 1 fully saturated rings. The highest BCUT2D eigenvalue weighted by atomic mass is 32.2. The minimum absolute atomic E-state index is 0.0526. The van der Waals surface area contributed by atoms with Gasteiger partial charge in [0.2, 0.25) is 10.0 Å². The molecule has 20 heavy (non-hydrogen) atoms. The van der Waals surface area contributed by atoms with Crippen molar-refractivity contribution in [3.05, 3.63) is 15.8 Å². The third kappa shape index (κ3) is 3.42. The Morgan fingerprint density at radius 2 is 2.10 bits per heavy atom. The van der Waals surface area contributed by atoms with Gasteiger partial charge in [-0.25, -0.2) is 13.1 Å². The fraction of sp³-hybridized carbons (Fsp3) is 0.714. The maximum absolute atomic E-state index is 12.5. The molecular weight excluding hydrogens is 292 g/mol. The molecule has 1 aromatic rings. The van der Waals surface area contributed by atoms with E-state index in [0.717, 1.165) is 29.0 Å². The molecule has 3 atom stereocenters. The predicted molar refractivity (Wildman–Crippen MR) is 83.2 cm³/mol. The molecule has 3 unspecified atom stereocenters. The number of rotatable bonds is 4. The van der Waals surface area contributed by atoms with Crippen molar-refractivity contribution in [3.8, 4) is 0 Å². The molecule has 2 rings (SSSR count). The van der Waals surface area contributed by atoms with Crippen LogP contribution >= 0.6 is 11.3 Å². The average molecular weight is 316 g/mol. The van der Waals surface area contributed by atoms with Crippen LogP contribution in [0.5, 0.6) is 0 Å². The second-order valence-corrected chi connectivity index (χ2v) is 8.98. The number of nitrogens with one attached hydrogen (secondary N) is 1. The van der Waals surface area contributed by atoms with Crippen molar-refractivity contribution in [2.24, 2.45) is 17.6 Å². The maximum atomic E-state index is 12.5. The fourth-order valence-corrected chi connectivity index (χ4v) is 5.89. The van der Waals surface area contributed by atoms with E-state index < -0.39 is 10.0 Å². The number of aryl methyl sites for hydroxylation is 1. The van der Waals surface area contributed by atoms with Gasteiger partial charge in [0.15, 0.2) is 0 Å². The highest BCUT2D eigenvalue weighted by molar-refractivity contribution is 7.89. The number of nitrogens with two attached hydrogens (primary N) is 1. The Hall–Kier alpha value is -0.430. The van der Waals surface area contributed by atoms with Gasteiger partial charge in [-0.2, -0.15) is 0 Å². The molecule has 1 saturated carbocycles. The molecule has 0 aliphatic heterocycles. The van der Waals surface area contributed by atoms with Crippen molar-refractivity contribution in [1.82, 2.24) is 4.72 Å². The summed E-state index contributed by atoms with van der Waals surface area (Å²) in [6.07, 6.45) is 3.10. The van der Waals surface area contributed by atoms with Crippen LogP contribution in [0.2, 0.25) is 0 Å². The van der Waals surface area contributed by atoms with Crippen molar-refractivity contribution in [2.45, 2.75) is 57.5 Å². The van der Waals surface area contributed by atoms with Crippen LogP contribution in [0, 0.1) is 18.8 Å². The lowest BCUT2D eigenvalue weighted by atomic mass is 9.80. The Morgan fingerprint density at radius 3 is 2.65 bits per heavy atom. The van der Waals surface area contributed by atoms with Crippen molar-refractivity contribution in [3.63, 3.8) is 0 Å². The highest BCUT2D eigenvalue weighted by Crippen LogP contribution is 2.31. The first-order valence-corrected chi connectivity index (χ1v) is 9.45. The monoisotopic (exact) mass is 316 g/mol. The number of thiophene rings is 1. The lowest BCUT2D eigenvalue weighted by Crippen LogP contribution is -2.42. The smallest absolute Gasteiger partial charge is 0.241 e. The number of sulfonamides is 1. The van der Waals surface area contributed by atoms with Gasteiger partial charge >= 0.3 is 0 Å². The zero-order valence-corrected chi connectivity index (χ0v) is 14.0. The summed E-state index contributed by atoms with van der Waals surface area (Å²) in [6, 6.07) is 1.76. The molecule has 0 saturated heterocycles. The Bertz CT molecular complexity index is 566. The Balaban J connectivity index is 2.16. The molecule has 0 spiro atoms. The molecule has 0 bridgehead atoms. The number of hydrogen-bond acceptors (Lipinski definition) is 4. The van der Waals surface area contributed by atoms with Gasteiger partial charge in [-0.05, 0) is 44.1 Å². The number of hydrogen-bond donors (Lipinski definition) is 2. The minimum Gasteiger partial charge on any atom is -0.326 e. The van der Waals surface area contributed by atoms with Crippen molar-refractivity contribution in [1.29, 1.82) is 0 Å². The van der Waals surface area contributed by atoms with Gasteiger partial charge in [0.1, 0.15) is 0 Å². The molecule has 1 aromatic heterocycles. The van der Waals surface area contributed by atoms with E-state index in [0.29, 0.717) is 23.3 Å². The van der Waals surface area contributed by atoms with Gasteiger partial charge in [-0.3, -0.25) is 0 Å². The highest BCUT2D eigenvalue weighted by Gasteiger charge is 2.30. The van der Waals surface area contributed by atoms with Gasteiger partial charge < -0.3 is 5.73 Å². The molecule has 0 radical (unpaired) electrons. The normalized spacial score (nSPS) is 27.7. The molecule has 6 heteroatoms. The van der Waals surface area contributed by atoms with Crippen LogP contribution in [0.15, 0.2) is 11.0 Å². The summed E-state index contributed by atoms with van der Waals surface area (Å²) in [5.74, 6) is 1.08. The summed E-state index contributed by atoms with van der Waals surface area (Å²) < 4.78 is 28.0. The lowest BCUT2D eigenvalue weighted by molar-refractivity contribution is 0.249. The largest absolute Gasteiger partial charge is 0.326 e. The van der Waals surface area contributed by atoms with Crippen LogP contribution in [0.25, 0.3) is 0 Å². The van der Waals surface area contributed by atoms with E-state index in [9.17, 15) is 8.42 Å². The molecule has 3 N–H and O–H groups in total. The Kier molecular flexibility index (Phi) is 4.89. The van der Waals surface area contributed by atoms with E-state index in [1.165, 1.54) is 11.3 Å². The molecule has 114 valence electrons. The van der Waals surface area contributed by atoms with Gasteiger partial charge in [0.05, 0.1) is 4.90 Å². The standard InChI is InChI=1S/C14H24N2O2S2/c1-9-4-5-13(10(2)6-9)16-20(17,18)14-7-12(8-15)19-11(14)3/h7,9-10,13,16H,4-6,8,15H2,1-3H3. The van der Waals surface area contributed by atoms with E-state index in [2.05, 4.69) is 18.6 Å². The summed E-state index contributed by atoms with van der Waals surface area (Å²) in [7, 11) is -3.43. The summed E-state index contributed by atoms with van der Waals surface area (Å²) in [5.41, 5.74) is 5.59. The lowest BCUT2D eigenvalue weighted by Gasteiger charge is -2.32. The van der Waals surface area contributed by atoms with Crippen molar-refractivity contribution in [2.75, 3.05) is 0 Å². The van der Waals surface area contributed by atoms with Gasteiger partial charge in [0, 0.05) is 22.3 Å². The molecule has 4 nitrogen and oxygen atoms in total. The second-order valence-electron chi connectivity index (χ2n) is 5.96. The quantitative estimate of drug-likeness (QED) is 0.897. The average Bonchev–Trinajstić information content (AvgIpc) is 2.75. The van der Waals surface area contributed by atoms with Crippen LogP contribution in [0.1, 0.15) is 42.9 Å². The predicted octanol–water partition coefficient (Wildman–Crippen LogP) is 2.62. The maximum Gasteiger partial charge on any atom is 0.241 e. The van der Waals surface area contributed by atoms with E-state index in [-0.39, 0.29) is 6.04 Å². The third-order valence-corrected chi connectivity index (χ3v) is 6.97. The summed E-state index contributed by atoms with van der Waals surface area (Å²) in [4.78, 5) is 2.12. The van der Waals surface area contributed by atoms with Gasteiger partial charge in [-0.1, -0.05) is 13.8 Å². The fourth-order valence-electron chi connectivity index (χ4n) is 2.99. The molecule has 1 aliphatic rings. The first kappa shape index (κ1) is 15.9. The molecule has 1 heterocycles. The first-order chi connectivity index (χ1) is 9.33. The van der Waals surface area contributed by atoms with Crippen LogP contribution in [0.3, 0.4) is 0 Å². The minimum atomic E-state index is -3.43. The zero-order chi connectivity index (χ0) is 14.9. The molecule has 0 aromatic carbocycles. The zero-order valence-electron chi connectivity index (χ0n) is 12.3. The van der Waals surface area contributed by atoms with E-state index >= 15 is 0 Å². The summed E-state index contributed by atoms with van der Waals surface area (Å²) >= 11 is 1.46. The van der Waals surface area contributed by atoms with Crippen molar-refractivity contribution >= 4 is 21.4 Å². The summed E-state index contributed by atoms with van der Waals surface area (Å²) in [6.45, 7) is 6.59. The molecule has 1 aliphatic carbocycles. The van der Waals surface area contributed by atoms with Crippen LogP contribution in [0.4, 0.5) is 0 Å².